The van der Waals surface area contributed by atoms with Gasteiger partial charge in [-0.25, -0.2) is 0 Å². The Bertz CT molecular complexity index is 373. The van der Waals surface area contributed by atoms with Gasteiger partial charge in [-0.2, -0.15) is 0 Å². The van der Waals surface area contributed by atoms with Gasteiger partial charge in [0.25, 0.3) is 0 Å². The number of hydrogen-bond donors (Lipinski definition) is 1. The van der Waals surface area contributed by atoms with Crippen LogP contribution in [0.1, 0.15) is 19.0 Å². The molecule has 0 saturated heterocycles. The van der Waals surface area contributed by atoms with Crippen LogP contribution in [-0.2, 0) is 11.2 Å². The van der Waals surface area contributed by atoms with E-state index in [1.54, 1.807) is 29.3 Å². The fraction of sp³-hybridized carbons (Fsp3) is 0.385. The van der Waals surface area contributed by atoms with E-state index in [-0.39, 0.29) is 5.91 Å². The third-order valence-corrected chi connectivity index (χ3v) is 2.38. The first kappa shape index (κ1) is 13.2. The first-order valence-electron chi connectivity index (χ1n) is 5.76. The van der Waals surface area contributed by atoms with Crippen molar-refractivity contribution in [1.29, 1.82) is 0 Å². The van der Waals surface area contributed by atoms with Crippen molar-refractivity contribution in [2.75, 3.05) is 18.8 Å². The van der Waals surface area contributed by atoms with Crippen LogP contribution >= 0.6 is 0 Å². The molecule has 0 spiro atoms. The van der Waals surface area contributed by atoms with Gasteiger partial charge in [-0.3, -0.25) is 9.78 Å². The molecule has 1 aromatic heterocycles. The van der Waals surface area contributed by atoms with Crippen molar-refractivity contribution in [2.24, 2.45) is 0 Å². The van der Waals surface area contributed by atoms with Gasteiger partial charge in [-0.05, 0) is 18.6 Å². The van der Waals surface area contributed by atoms with Crippen molar-refractivity contribution < 1.29 is 4.79 Å². The topological polar surface area (TPSA) is 59.2 Å². The second-order valence-electron chi connectivity index (χ2n) is 3.89. The minimum atomic E-state index is 0.0732. The molecule has 0 saturated carbocycles. The van der Waals surface area contributed by atoms with Gasteiger partial charge in [0, 0.05) is 18.8 Å². The van der Waals surface area contributed by atoms with Crippen LogP contribution in [-0.4, -0.2) is 28.9 Å². The highest BCUT2D eigenvalue weighted by molar-refractivity contribution is 5.78. The van der Waals surface area contributed by atoms with E-state index in [0.29, 0.717) is 18.7 Å². The molecule has 0 aromatic carbocycles. The number of aromatic nitrogens is 1. The van der Waals surface area contributed by atoms with E-state index in [1.165, 1.54) is 0 Å². The maximum Gasteiger partial charge on any atom is 0.228 e. The third kappa shape index (κ3) is 4.26. The average Bonchev–Trinajstić information content (AvgIpc) is 2.32. The molecule has 1 amide bonds. The summed E-state index contributed by atoms with van der Waals surface area (Å²) in [6.07, 6.45) is 4.56. The molecule has 0 atom stereocenters. The zero-order valence-corrected chi connectivity index (χ0v) is 10.2. The van der Waals surface area contributed by atoms with Crippen molar-refractivity contribution in [2.45, 2.75) is 19.8 Å². The third-order valence-electron chi connectivity index (χ3n) is 2.38. The molecule has 0 fully saturated rings. The standard InChI is InChI=1S/C13H19N3O/c1-3-7-16(8-4-2)13(17)9-12-6-5-11(14)10-15-12/h3,5-6,10H,1,4,7-9,14H2,2H3. The van der Waals surface area contributed by atoms with Crippen molar-refractivity contribution in [3.05, 3.63) is 36.7 Å². The summed E-state index contributed by atoms with van der Waals surface area (Å²) in [6.45, 7) is 7.04. The van der Waals surface area contributed by atoms with Gasteiger partial charge >= 0.3 is 0 Å². The Labute approximate surface area is 102 Å². The minimum Gasteiger partial charge on any atom is -0.397 e. The molecule has 92 valence electrons. The molecule has 4 heteroatoms. The molecule has 2 N–H and O–H groups in total. The van der Waals surface area contributed by atoms with Crippen LogP contribution in [0.4, 0.5) is 5.69 Å². The number of carbonyl (C=O) groups excluding carboxylic acids is 1. The summed E-state index contributed by atoms with van der Waals surface area (Å²) in [7, 11) is 0. The first-order valence-corrected chi connectivity index (χ1v) is 5.76. The molecule has 0 unspecified atom stereocenters. The molecular formula is C13H19N3O. The largest absolute Gasteiger partial charge is 0.397 e. The lowest BCUT2D eigenvalue weighted by Crippen LogP contribution is -2.33. The quantitative estimate of drug-likeness (QED) is 0.760. The lowest BCUT2D eigenvalue weighted by molar-refractivity contribution is -0.130. The van der Waals surface area contributed by atoms with E-state index < -0.39 is 0 Å². The Kier molecular flexibility index (Phi) is 5.20. The van der Waals surface area contributed by atoms with Crippen LogP contribution < -0.4 is 5.73 Å². The molecule has 4 nitrogen and oxygen atoms in total. The van der Waals surface area contributed by atoms with Gasteiger partial charge in [0.2, 0.25) is 5.91 Å². The number of anilines is 1. The van der Waals surface area contributed by atoms with Crippen LogP contribution in [0.25, 0.3) is 0 Å². The van der Waals surface area contributed by atoms with E-state index in [1.807, 2.05) is 6.92 Å². The smallest absolute Gasteiger partial charge is 0.228 e. The molecular weight excluding hydrogens is 214 g/mol. The lowest BCUT2D eigenvalue weighted by Gasteiger charge is -2.20. The number of nitrogens with zero attached hydrogens (tertiary/aromatic N) is 2. The highest BCUT2D eigenvalue weighted by Crippen LogP contribution is 2.04. The number of pyridine rings is 1. The maximum absolute atomic E-state index is 12.0. The van der Waals surface area contributed by atoms with E-state index in [0.717, 1.165) is 18.7 Å². The van der Waals surface area contributed by atoms with Crippen molar-refractivity contribution in [3.63, 3.8) is 0 Å². The summed E-state index contributed by atoms with van der Waals surface area (Å²) in [6, 6.07) is 3.54. The molecule has 0 aliphatic carbocycles. The highest BCUT2D eigenvalue weighted by Gasteiger charge is 2.12. The number of rotatable bonds is 6. The summed E-state index contributed by atoms with van der Waals surface area (Å²) in [4.78, 5) is 17.9. The van der Waals surface area contributed by atoms with Crippen LogP contribution in [0.3, 0.4) is 0 Å². The second kappa shape index (κ2) is 6.68. The van der Waals surface area contributed by atoms with Crippen molar-refractivity contribution >= 4 is 11.6 Å². The van der Waals surface area contributed by atoms with Gasteiger partial charge in [0.1, 0.15) is 0 Å². The SMILES string of the molecule is C=CCN(CCC)C(=O)Cc1ccc(N)cn1. The fourth-order valence-corrected chi connectivity index (χ4v) is 1.55. The number of nitrogens with two attached hydrogens (primary N) is 1. The molecule has 1 heterocycles. The molecule has 17 heavy (non-hydrogen) atoms. The van der Waals surface area contributed by atoms with Gasteiger partial charge in [-0.1, -0.05) is 13.0 Å². The van der Waals surface area contributed by atoms with Gasteiger partial charge in [0.05, 0.1) is 18.3 Å². The van der Waals surface area contributed by atoms with Gasteiger partial charge < -0.3 is 10.6 Å². The first-order chi connectivity index (χ1) is 8.17. The van der Waals surface area contributed by atoms with E-state index >= 15 is 0 Å². The van der Waals surface area contributed by atoms with E-state index in [9.17, 15) is 4.79 Å². The number of nitrogen functional groups attached to an aromatic ring is 1. The maximum atomic E-state index is 12.0. The summed E-state index contributed by atoms with van der Waals surface area (Å²) < 4.78 is 0. The van der Waals surface area contributed by atoms with Crippen LogP contribution in [0.15, 0.2) is 31.0 Å². The second-order valence-corrected chi connectivity index (χ2v) is 3.89. The number of carbonyl (C=O) groups is 1. The number of hydrogen-bond acceptors (Lipinski definition) is 3. The fourth-order valence-electron chi connectivity index (χ4n) is 1.55. The molecule has 0 radical (unpaired) electrons. The Balaban J connectivity index is 2.62. The summed E-state index contributed by atoms with van der Waals surface area (Å²) in [5.41, 5.74) is 6.90. The monoisotopic (exact) mass is 233 g/mol. The summed E-state index contributed by atoms with van der Waals surface area (Å²) >= 11 is 0. The Hall–Kier alpha value is -1.84. The van der Waals surface area contributed by atoms with Gasteiger partial charge in [0.15, 0.2) is 0 Å². The molecule has 1 aromatic rings. The lowest BCUT2D eigenvalue weighted by atomic mass is 10.2. The molecule has 0 bridgehead atoms. The van der Waals surface area contributed by atoms with E-state index in [4.69, 9.17) is 5.73 Å². The predicted molar refractivity (Wildman–Crippen MR) is 69.4 cm³/mol. The average molecular weight is 233 g/mol. The zero-order valence-electron chi connectivity index (χ0n) is 10.2. The number of amides is 1. The van der Waals surface area contributed by atoms with Gasteiger partial charge in [-0.15, -0.1) is 6.58 Å². The summed E-state index contributed by atoms with van der Waals surface area (Å²) in [5, 5.41) is 0. The Morgan fingerprint density at radius 3 is 2.88 bits per heavy atom. The zero-order chi connectivity index (χ0) is 12.7. The predicted octanol–water partition coefficient (Wildman–Crippen LogP) is 1.63. The van der Waals surface area contributed by atoms with Crippen molar-refractivity contribution in [1.82, 2.24) is 9.88 Å². The Morgan fingerprint density at radius 1 is 1.59 bits per heavy atom. The van der Waals surface area contributed by atoms with Crippen LogP contribution in [0.2, 0.25) is 0 Å². The highest BCUT2D eigenvalue weighted by atomic mass is 16.2. The summed E-state index contributed by atoms with van der Waals surface area (Å²) in [5.74, 6) is 0.0732. The molecule has 0 aliphatic heterocycles. The molecule has 1 rings (SSSR count). The molecule has 0 aliphatic rings. The Morgan fingerprint density at radius 2 is 2.35 bits per heavy atom. The van der Waals surface area contributed by atoms with Crippen LogP contribution in [0, 0.1) is 0 Å². The normalized spacial score (nSPS) is 9.94. The van der Waals surface area contributed by atoms with Crippen LogP contribution in [0.5, 0.6) is 0 Å². The van der Waals surface area contributed by atoms with Crippen molar-refractivity contribution in [3.8, 4) is 0 Å². The minimum absolute atomic E-state index is 0.0732. The van der Waals surface area contributed by atoms with E-state index in [2.05, 4.69) is 11.6 Å².